The summed E-state index contributed by atoms with van der Waals surface area (Å²) in [7, 11) is 0. The van der Waals surface area contributed by atoms with Crippen LogP contribution in [0.15, 0.2) is 35.7 Å². The number of aromatic carboxylic acids is 1. The first-order valence-corrected chi connectivity index (χ1v) is 10.4. The van der Waals surface area contributed by atoms with Gasteiger partial charge < -0.3 is 10.4 Å². The molecule has 7 nitrogen and oxygen atoms in total. The molecule has 4 rings (SSSR count). The van der Waals surface area contributed by atoms with Gasteiger partial charge in [-0.1, -0.05) is 37.3 Å². The van der Waals surface area contributed by atoms with Crippen molar-refractivity contribution in [1.82, 2.24) is 20.2 Å². The number of hydrogen-bond acceptors (Lipinski definition) is 8. The van der Waals surface area contributed by atoms with Gasteiger partial charge in [-0.05, 0) is 24.1 Å². The number of nitrogens with one attached hydrogen (secondary N) is 1. The van der Waals surface area contributed by atoms with E-state index in [0.29, 0.717) is 17.2 Å². The van der Waals surface area contributed by atoms with E-state index in [9.17, 15) is 4.79 Å². The molecule has 0 aliphatic heterocycles. The molecule has 0 fully saturated rings. The molecule has 0 aliphatic rings. The van der Waals surface area contributed by atoms with Crippen LogP contribution in [-0.4, -0.2) is 31.2 Å². The molecule has 142 valence electrons. The van der Waals surface area contributed by atoms with Gasteiger partial charge in [-0.3, -0.25) is 0 Å². The van der Waals surface area contributed by atoms with Crippen LogP contribution in [0.3, 0.4) is 0 Å². The van der Waals surface area contributed by atoms with Gasteiger partial charge in [-0.25, -0.2) is 14.8 Å². The van der Waals surface area contributed by atoms with Crippen molar-refractivity contribution in [2.45, 2.75) is 26.2 Å². The topological polar surface area (TPSA) is 101 Å². The van der Waals surface area contributed by atoms with E-state index in [1.165, 1.54) is 16.7 Å². The number of carbonyl (C=O) groups is 1. The lowest BCUT2D eigenvalue weighted by Crippen LogP contribution is -2.06. The van der Waals surface area contributed by atoms with E-state index in [-0.39, 0.29) is 11.6 Å². The number of benzene rings is 1. The van der Waals surface area contributed by atoms with Gasteiger partial charge in [0.25, 0.3) is 0 Å². The van der Waals surface area contributed by atoms with E-state index >= 15 is 0 Å². The Balaban J connectivity index is 1.60. The van der Waals surface area contributed by atoms with Crippen molar-refractivity contribution in [1.29, 1.82) is 0 Å². The van der Waals surface area contributed by atoms with Crippen LogP contribution in [0.4, 0.5) is 10.9 Å². The molecule has 0 bridgehead atoms. The molecule has 3 aromatic heterocycles. The van der Waals surface area contributed by atoms with Crippen molar-refractivity contribution in [2.75, 3.05) is 5.32 Å². The molecule has 0 aliphatic carbocycles. The summed E-state index contributed by atoms with van der Waals surface area (Å²) in [5, 5.41) is 24.0. The van der Waals surface area contributed by atoms with Crippen molar-refractivity contribution in [3.8, 4) is 0 Å². The number of nitrogens with zero attached hydrogens (tertiary/aromatic N) is 4. The van der Waals surface area contributed by atoms with Crippen molar-refractivity contribution in [2.24, 2.45) is 0 Å². The Morgan fingerprint density at radius 2 is 2.04 bits per heavy atom. The molecule has 0 radical (unpaired) electrons. The maximum absolute atomic E-state index is 11.0. The fourth-order valence-corrected chi connectivity index (χ4v) is 4.39. The molecule has 2 N–H and O–H groups in total. The Labute approximate surface area is 169 Å². The summed E-state index contributed by atoms with van der Waals surface area (Å²) in [6.07, 6.45) is 0.450. The number of anilines is 2. The lowest BCUT2D eigenvalue weighted by Gasteiger charge is -2.12. The summed E-state index contributed by atoms with van der Waals surface area (Å²) >= 11 is 2.88. The van der Waals surface area contributed by atoms with Gasteiger partial charge in [-0.2, -0.15) is 5.10 Å². The Hall–Kier alpha value is -2.91. The maximum atomic E-state index is 11.0. The van der Waals surface area contributed by atoms with Gasteiger partial charge in [0.05, 0.1) is 20.9 Å². The van der Waals surface area contributed by atoms with Gasteiger partial charge in [0.15, 0.2) is 16.6 Å². The zero-order valence-corrected chi connectivity index (χ0v) is 16.8. The highest BCUT2D eigenvalue weighted by atomic mass is 32.1. The second-order valence-electron chi connectivity index (χ2n) is 6.51. The molecule has 9 heteroatoms. The number of fused-ring (bicyclic) bond motifs is 1. The molecule has 0 spiro atoms. The third kappa shape index (κ3) is 3.85. The van der Waals surface area contributed by atoms with Crippen molar-refractivity contribution < 1.29 is 9.90 Å². The number of thiazole rings is 2. The molecule has 1 aromatic carbocycles. The fraction of sp³-hybridized carbons (Fsp3) is 0.211. The van der Waals surface area contributed by atoms with Gasteiger partial charge in [0.1, 0.15) is 0 Å². The third-order valence-electron chi connectivity index (χ3n) is 4.12. The predicted octanol–water partition coefficient (Wildman–Crippen LogP) is 4.70. The SMILES string of the molecule is CC(C)c1cc(Cc2nc(C(=O)O)cs2)nnc1Nc1nc2ccccc2s1. The molecular formula is C19H17N5O2S2. The second-order valence-corrected chi connectivity index (χ2v) is 8.49. The minimum absolute atomic E-state index is 0.0613. The van der Waals surface area contributed by atoms with Crippen LogP contribution in [0, 0.1) is 0 Å². The highest BCUT2D eigenvalue weighted by Gasteiger charge is 2.15. The van der Waals surface area contributed by atoms with E-state index < -0.39 is 5.97 Å². The van der Waals surface area contributed by atoms with E-state index in [4.69, 9.17) is 5.11 Å². The van der Waals surface area contributed by atoms with Crippen LogP contribution in [0.2, 0.25) is 0 Å². The van der Waals surface area contributed by atoms with E-state index in [2.05, 4.69) is 39.3 Å². The predicted molar refractivity (Wildman–Crippen MR) is 111 cm³/mol. The molecule has 28 heavy (non-hydrogen) atoms. The van der Waals surface area contributed by atoms with Gasteiger partial charge in [0.2, 0.25) is 0 Å². The van der Waals surface area contributed by atoms with Gasteiger partial charge >= 0.3 is 5.97 Å². The fourth-order valence-electron chi connectivity index (χ4n) is 2.74. The van der Waals surface area contributed by atoms with E-state index in [1.54, 1.807) is 11.3 Å². The first-order valence-electron chi connectivity index (χ1n) is 8.66. The number of hydrogen-bond donors (Lipinski definition) is 2. The normalized spacial score (nSPS) is 11.2. The number of carboxylic acids is 1. The highest BCUT2D eigenvalue weighted by molar-refractivity contribution is 7.22. The Kier molecular flexibility index (Phi) is 5.01. The minimum Gasteiger partial charge on any atom is -0.476 e. The molecular weight excluding hydrogens is 394 g/mol. The number of para-hydroxylation sites is 1. The highest BCUT2D eigenvalue weighted by Crippen LogP contribution is 2.31. The molecule has 3 heterocycles. The summed E-state index contributed by atoms with van der Waals surface area (Å²) in [6, 6.07) is 9.97. The summed E-state index contributed by atoms with van der Waals surface area (Å²) < 4.78 is 1.11. The number of aromatic nitrogens is 4. The standard InChI is InChI=1S/C19H17N5O2S2/c1-10(2)12-7-11(8-16-20-14(9-27-16)18(25)26)23-24-17(12)22-19-21-13-5-3-4-6-15(13)28-19/h3-7,9-10H,8H2,1-2H3,(H,25,26)(H,21,22,24). The van der Waals surface area contributed by atoms with Crippen molar-refractivity contribution >= 4 is 49.8 Å². The first-order chi connectivity index (χ1) is 13.5. The quantitative estimate of drug-likeness (QED) is 0.474. The van der Waals surface area contributed by atoms with Crippen LogP contribution in [-0.2, 0) is 6.42 Å². The number of carboxylic acid groups (broad SMARTS) is 1. The van der Waals surface area contributed by atoms with Crippen LogP contribution >= 0.6 is 22.7 Å². The number of rotatable bonds is 6. The Morgan fingerprint density at radius 1 is 1.21 bits per heavy atom. The largest absolute Gasteiger partial charge is 0.476 e. The van der Waals surface area contributed by atoms with Gasteiger partial charge in [-0.15, -0.1) is 16.4 Å². The summed E-state index contributed by atoms with van der Waals surface area (Å²) in [6.45, 7) is 4.19. The summed E-state index contributed by atoms with van der Waals surface area (Å²) in [4.78, 5) is 19.7. The zero-order chi connectivity index (χ0) is 19.7. The second kappa shape index (κ2) is 7.61. The summed E-state index contributed by atoms with van der Waals surface area (Å²) in [5.74, 6) is -0.105. The molecule has 0 atom stereocenters. The monoisotopic (exact) mass is 411 g/mol. The zero-order valence-electron chi connectivity index (χ0n) is 15.2. The van der Waals surface area contributed by atoms with Crippen LogP contribution in [0.1, 0.15) is 46.5 Å². The van der Waals surface area contributed by atoms with Crippen LogP contribution in [0.5, 0.6) is 0 Å². The van der Waals surface area contributed by atoms with Crippen molar-refractivity contribution in [3.63, 3.8) is 0 Å². The molecule has 0 saturated carbocycles. The maximum Gasteiger partial charge on any atom is 0.355 e. The van der Waals surface area contributed by atoms with Crippen molar-refractivity contribution in [3.05, 3.63) is 57.7 Å². The molecule has 4 aromatic rings. The average Bonchev–Trinajstić information content (AvgIpc) is 3.29. The minimum atomic E-state index is -1.02. The van der Waals surface area contributed by atoms with E-state index in [1.807, 2.05) is 30.3 Å². The smallest absolute Gasteiger partial charge is 0.355 e. The van der Waals surface area contributed by atoms with Crippen LogP contribution in [0.25, 0.3) is 10.2 Å². The molecule has 0 amide bonds. The lowest BCUT2D eigenvalue weighted by atomic mass is 10.0. The first kappa shape index (κ1) is 18.5. The lowest BCUT2D eigenvalue weighted by molar-refractivity contribution is 0.0691. The van der Waals surface area contributed by atoms with Gasteiger partial charge in [0, 0.05) is 17.4 Å². The molecule has 0 saturated heterocycles. The third-order valence-corrected chi connectivity index (χ3v) is 5.92. The summed E-state index contributed by atoms with van der Waals surface area (Å²) in [5.41, 5.74) is 2.79. The molecule has 0 unspecified atom stereocenters. The van der Waals surface area contributed by atoms with E-state index in [0.717, 1.165) is 26.6 Å². The van der Waals surface area contributed by atoms with Crippen LogP contribution < -0.4 is 5.32 Å². The Bertz CT molecular complexity index is 1120. The average molecular weight is 412 g/mol. The Morgan fingerprint density at radius 3 is 2.75 bits per heavy atom.